The fraction of sp³-hybridized carbons (Fsp3) is 0.345. The Bertz CT molecular complexity index is 1210. The molecule has 0 radical (unpaired) electrons. The minimum absolute atomic E-state index is 0.0126. The number of ether oxygens (including phenoxy) is 3. The van der Waals surface area contributed by atoms with Gasteiger partial charge in [-0.25, -0.2) is 0 Å². The summed E-state index contributed by atoms with van der Waals surface area (Å²) in [7, 11) is 0. The van der Waals surface area contributed by atoms with E-state index in [9.17, 15) is 18.0 Å². The van der Waals surface area contributed by atoms with Crippen molar-refractivity contribution in [1.82, 2.24) is 0 Å². The maximum absolute atomic E-state index is 13.3. The van der Waals surface area contributed by atoms with Gasteiger partial charge in [0.1, 0.15) is 11.5 Å². The summed E-state index contributed by atoms with van der Waals surface area (Å²) in [4.78, 5) is 10.9. The minimum atomic E-state index is -4.51. The van der Waals surface area contributed by atoms with Crippen molar-refractivity contribution in [2.24, 2.45) is 0 Å². The lowest BCUT2D eigenvalue weighted by Crippen LogP contribution is -2.16. The number of carboxylic acid groups (broad SMARTS) is 1. The van der Waals surface area contributed by atoms with Crippen LogP contribution in [0.15, 0.2) is 60.7 Å². The first kappa shape index (κ1) is 27.9. The molecule has 0 fully saturated rings. The van der Waals surface area contributed by atoms with E-state index in [4.69, 9.17) is 19.3 Å². The highest BCUT2D eigenvalue weighted by atomic mass is 19.4. The van der Waals surface area contributed by atoms with Crippen LogP contribution in [0.4, 0.5) is 13.2 Å². The van der Waals surface area contributed by atoms with Gasteiger partial charge in [0.25, 0.3) is 0 Å². The van der Waals surface area contributed by atoms with Gasteiger partial charge in [-0.05, 0) is 79.8 Å². The van der Waals surface area contributed by atoms with Gasteiger partial charge in [-0.3, -0.25) is 4.79 Å². The number of aliphatic carboxylic acids is 1. The third-order valence-corrected chi connectivity index (χ3v) is 5.87. The van der Waals surface area contributed by atoms with Crippen molar-refractivity contribution in [3.05, 3.63) is 82.9 Å². The molecular weight excluding hydrogens is 485 g/mol. The summed E-state index contributed by atoms with van der Waals surface area (Å²) in [5, 5.41) is 8.92. The number of alkyl halides is 3. The lowest BCUT2D eigenvalue weighted by atomic mass is 10.0. The maximum Gasteiger partial charge on any atom is 0.416 e. The Hall–Kier alpha value is -3.68. The van der Waals surface area contributed by atoms with Gasteiger partial charge in [-0.15, -0.1) is 0 Å². The Morgan fingerprint density at radius 1 is 0.973 bits per heavy atom. The van der Waals surface area contributed by atoms with Crippen molar-refractivity contribution >= 4 is 5.97 Å². The Labute approximate surface area is 214 Å². The predicted molar refractivity (Wildman–Crippen MR) is 135 cm³/mol. The average Bonchev–Trinajstić information content (AvgIpc) is 2.84. The second-order valence-corrected chi connectivity index (χ2v) is 8.77. The third-order valence-electron chi connectivity index (χ3n) is 5.87. The zero-order valence-electron chi connectivity index (χ0n) is 21.1. The normalized spacial score (nSPS) is 12.2. The predicted octanol–water partition coefficient (Wildman–Crippen LogP) is 7.62. The minimum Gasteiger partial charge on any atom is -0.493 e. The zero-order chi connectivity index (χ0) is 27.0. The zero-order valence-corrected chi connectivity index (χ0v) is 21.1. The molecule has 3 rings (SSSR count). The van der Waals surface area contributed by atoms with Crippen molar-refractivity contribution in [2.75, 3.05) is 6.61 Å². The molecule has 0 aliphatic carbocycles. The van der Waals surface area contributed by atoms with Crippen LogP contribution in [0.25, 0.3) is 0 Å². The maximum atomic E-state index is 13.3. The van der Waals surface area contributed by atoms with E-state index in [1.165, 1.54) is 6.07 Å². The van der Waals surface area contributed by atoms with Gasteiger partial charge in [0.15, 0.2) is 11.5 Å². The number of carboxylic acids is 1. The van der Waals surface area contributed by atoms with Gasteiger partial charge in [-0.2, -0.15) is 13.2 Å². The molecule has 3 aromatic carbocycles. The summed E-state index contributed by atoms with van der Waals surface area (Å²) in [6, 6.07) is 15.9. The van der Waals surface area contributed by atoms with E-state index >= 15 is 0 Å². The van der Waals surface area contributed by atoms with Gasteiger partial charge in [0.2, 0.25) is 0 Å². The van der Waals surface area contributed by atoms with E-state index in [1.807, 2.05) is 51.1 Å². The van der Waals surface area contributed by atoms with Crippen LogP contribution in [0.3, 0.4) is 0 Å². The summed E-state index contributed by atoms with van der Waals surface area (Å²) in [6.45, 7) is 5.95. The Kier molecular flexibility index (Phi) is 9.44. The van der Waals surface area contributed by atoms with Gasteiger partial charge in [0, 0.05) is 12.8 Å². The molecule has 0 saturated heterocycles. The summed E-state index contributed by atoms with van der Waals surface area (Å²) in [5.74, 6) is 0.473. The molecule has 1 N–H and O–H groups in total. The number of hydrogen-bond acceptors (Lipinski definition) is 4. The number of hydrogen-bond donors (Lipinski definition) is 1. The van der Waals surface area contributed by atoms with Crippen LogP contribution in [-0.4, -0.2) is 23.8 Å². The topological polar surface area (TPSA) is 65.0 Å². The van der Waals surface area contributed by atoms with Gasteiger partial charge >= 0.3 is 12.1 Å². The highest BCUT2D eigenvalue weighted by molar-refractivity contribution is 5.67. The van der Waals surface area contributed by atoms with E-state index in [0.29, 0.717) is 30.9 Å². The molecule has 3 aromatic rings. The lowest BCUT2D eigenvalue weighted by Gasteiger charge is -2.20. The quantitative estimate of drug-likeness (QED) is 0.268. The first-order valence-electron chi connectivity index (χ1n) is 12.1. The molecule has 1 atom stereocenters. The molecular formula is C29H31F3O5. The fourth-order valence-electron chi connectivity index (χ4n) is 3.78. The second-order valence-electron chi connectivity index (χ2n) is 8.77. The van der Waals surface area contributed by atoms with Crippen LogP contribution in [0.1, 0.15) is 48.9 Å². The van der Waals surface area contributed by atoms with Crippen LogP contribution in [-0.2, 0) is 23.8 Å². The highest BCUT2D eigenvalue weighted by Gasteiger charge is 2.32. The fourth-order valence-corrected chi connectivity index (χ4v) is 3.78. The lowest BCUT2D eigenvalue weighted by molar-refractivity contribution is -0.138. The van der Waals surface area contributed by atoms with Crippen LogP contribution in [0, 0.1) is 6.92 Å². The van der Waals surface area contributed by atoms with Gasteiger partial charge in [-0.1, -0.05) is 31.2 Å². The number of benzene rings is 3. The third kappa shape index (κ3) is 8.17. The molecule has 5 nitrogen and oxygen atoms in total. The van der Waals surface area contributed by atoms with Gasteiger partial charge in [0.05, 0.1) is 18.3 Å². The molecule has 0 spiro atoms. The first-order chi connectivity index (χ1) is 17.6. The Morgan fingerprint density at radius 3 is 2.41 bits per heavy atom. The van der Waals surface area contributed by atoms with E-state index in [2.05, 4.69) is 0 Å². The molecule has 37 heavy (non-hydrogen) atoms. The SMILES string of the molecule is CCc1cc(OCCC(C)Oc2ccc(C(F)(F)F)cc2Oc2ccccc2C)ccc1CCC(=O)O. The van der Waals surface area contributed by atoms with E-state index in [1.54, 1.807) is 12.1 Å². The monoisotopic (exact) mass is 516 g/mol. The molecule has 0 aromatic heterocycles. The number of aryl methyl sites for hydroxylation is 3. The van der Waals surface area contributed by atoms with E-state index in [-0.39, 0.29) is 24.0 Å². The molecule has 0 aliphatic rings. The second kappa shape index (κ2) is 12.5. The average molecular weight is 517 g/mol. The number of para-hydroxylation sites is 1. The van der Waals surface area contributed by atoms with Crippen molar-refractivity contribution in [3.63, 3.8) is 0 Å². The standard InChI is InChI=1S/C29H31F3O5/c1-4-21-17-24(12-9-22(21)10-14-28(33)34)35-16-15-20(3)36-26-13-11-23(29(30,31)32)18-27(26)37-25-8-6-5-7-19(25)2/h5-9,11-13,17-18,20H,4,10,14-16H2,1-3H3,(H,33,34). The molecule has 0 bridgehead atoms. The van der Waals surface area contributed by atoms with E-state index < -0.39 is 17.7 Å². The van der Waals surface area contributed by atoms with Crippen LogP contribution < -0.4 is 14.2 Å². The summed E-state index contributed by atoms with van der Waals surface area (Å²) in [6.07, 6.45) is -3.11. The highest BCUT2D eigenvalue weighted by Crippen LogP contribution is 2.39. The Balaban J connectivity index is 1.65. The van der Waals surface area contributed by atoms with Crippen molar-refractivity contribution < 1.29 is 37.3 Å². The summed E-state index contributed by atoms with van der Waals surface area (Å²) >= 11 is 0. The molecule has 0 heterocycles. The first-order valence-corrected chi connectivity index (χ1v) is 12.1. The van der Waals surface area contributed by atoms with E-state index in [0.717, 1.165) is 35.2 Å². The smallest absolute Gasteiger partial charge is 0.416 e. The molecule has 0 aliphatic heterocycles. The van der Waals surface area contributed by atoms with Crippen molar-refractivity contribution in [3.8, 4) is 23.0 Å². The summed E-state index contributed by atoms with van der Waals surface area (Å²) < 4.78 is 57.6. The number of carbonyl (C=O) groups is 1. The number of rotatable bonds is 12. The van der Waals surface area contributed by atoms with Gasteiger partial charge < -0.3 is 19.3 Å². The summed E-state index contributed by atoms with van der Waals surface area (Å²) in [5.41, 5.74) is 1.98. The largest absolute Gasteiger partial charge is 0.493 e. The molecule has 198 valence electrons. The van der Waals surface area contributed by atoms with Crippen molar-refractivity contribution in [1.29, 1.82) is 0 Å². The van der Waals surface area contributed by atoms with Crippen LogP contribution in [0.2, 0.25) is 0 Å². The van der Waals surface area contributed by atoms with Crippen molar-refractivity contribution in [2.45, 2.75) is 58.7 Å². The molecule has 1 unspecified atom stereocenters. The number of halogens is 3. The molecule has 8 heteroatoms. The Morgan fingerprint density at radius 2 is 1.73 bits per heavy atom. The molecule has 0 saturated carbocycles. The van der Waals surface area contributed by atoms with Crippen LogP contribution in [0.5, 0.6) is 23.0 Å². The molecule has 0 amide bonds. The van der Waals surface area contributed by atoms with Crippen LogP contribution >= 0.6 is 0 Å².